The molecule has 1 aliphatic rings. The largest absolute Gasteiger partial charge is 0.497 e. The molecule has 0 bridgehead atoms. The molecule has 3 rings (SSSR count). The summed E-state index contributed by atoms with van der Waals surface area (Å²) in [5.41, 5.74) is 1.03. The van der Waals surface area contributed by atoms with E-state index in [4.69, 9.17) is 9.47 Å². The van der Waals surface area contributed by atoms with Crippen LogP contribution in [0.3, 0.4) is 0 Å². The zero-order valence-corrected chi connectivity index (χ0v) is 11.2. The predicted octanol–water partition coefficient (Wildman–Crippen LogP) is 2.14. The number of hydrogen-bond acceptors (Lipinski definition) is 5. The molecule has 1 aromatic heterocycles. The zero-order valence-electron chi connectivity index (χ0n) is 10.4. The van der Waals surface area contributed by atoms with E-state index in [0.717, 1.165) is 44.1 Å². The van der Waals surface area contributed by atoms with E-state index in [9.17, 15) is 0 Å². The van der Waals surface area contributed by atoms with Gasteiger partial charge in [-0.05, 0) is 12.1 Å². The minimum absolute atomic E-state index is 0.832. The molecule has 0 unspecified atom stereocenters. The van der Waals surface area contributed by atoms with Gasteiger partial charge in [0.2, 0.25) is 0 Å². The monoisotopic (exact) mass is 264 g/mol. The Hall–Kier alpha value is -1.17. The lowest BCUT2D eigenvalue weighted by Crippen LogP contribution is -2.35. The van der Waals surface area contributed by atoms with Gasteiger partial charge in [0.05, 0.1) is 37.1 Å². The van der Waals surface area contributed by atoms with Crippen LogP contribution in [0.15, 0.2) is 18.2 Å². The first-order chi connectivity index (χ1) is 8.85. The van der Waals surface area contributed by atoms with Gasteiger partial charge in [-0.3, -0.25) is 4.90 Å². The molecule has 0 radical (unpaired) electrons. The van der Waals surface area contributed by atoms with Crippen molar-refractivity contribution in [2.75, 3.05) is 33.4 Å². The van der Waals surface area contributed by atoms with Crippen LogP contribution in [0.4, 0.5) is 0 Å². The van der Waals surface area contributed by atoms with E-state index in [1.165, 1.54) is 9.71 Å². The molecule has 1 aliphatic heterocycles. The first kappa shape index (κ1) is 11.9. The fourth-order valence-electron chi connectivity index (χ4n) is 2.10. The third-order valence-corrected chi connectivity index (χ3v) is 4.12. The van der Waals surface area contributed by atoms with Crippen LogP contribution in [0.2, 0.25) is 0 Å². The van der Waals surface area contributed by atoms with Crippen molar-refractivity contribution in [2.45, 2.75) is 6.54 Å². The number of hydrogen-bond donors (Lipinski definition) is 0. The van der Waals surface area contributed by atoms with E-state index in [2.05, 4.69) is 16.0 Å². The standard InChI is InChI=1S/C13H16N2O2S/c1-16-10-2-3-12-11(8-10)14-13(18-12)9-15-4-6-17-7-5-15/h2-3,8H,4-7,9H2,1H3. The van der Waals surface area contributed by atoms with Crippen LogP contribution in [0.5, 0.6) is 5.75 Å². The Morgan fingerprint density at radius 3 is 3.00 bits per heavy atom. The fourth-order valence-corrected chi connectivity index (χ4v) is 3.09. The molecule has 1 fully saturated rings. The fraction of sp³-hybridized carbons (Fsp3) is 0.462. The highest BCUT2D eigenvalue weighted by Gasteiger charge is 2.13. The van der Waals surface area contributed by atoms with Crippen molar-refractivity contribution >= 4 is 21.6 Å². The molecule has 4 nitrogen and oxygen atoms in total. The van der Waals surface area contributed by atoms with E-state index < -0.39 is 0 Å². The highest BCUT2D eigenvalue weighted by molar-refractivity contribution is 7.18. The molecular formula is C13H16N2O2S. The smallest absolute Gasteiger partial charge is 0.121 e. The Morgan fingerprint density at radius 2 is 2.22 bits per heavy atom. The van der Waals surface area contributed by atoms with Crippen molar-refractivity contribution in [2.24, 2.45) is 0 Å². The molecule has 5 heteroatoms. The van der Waals surface area contributed by atoms with Gasteiger partial charge in [0.1, 0.15) is 10.8 Å². The van der Waals surface area contributed by atoms with E-state index in [-0.39, 0.29) is 0 Å². The van der Waals surface area contributed by atoms with Crippen molar-refractivity contribution in [3.8, 4) is 5.75 Å². The lowest BCUT2D eigenvalue weighted by Gasteiger charge is -2.25. The number of morpholine rings is 1. The Balaban J connectivity index is 1.79. The van der Waals surface area contributed by atoms with Crippen molar-refractivity contribution in [1.82, 2.24) is 9.88 Å². The van der Waals surface area contributed by atoms with Crippen LogP contribution in [-0.4, -0.2) is 43.3 Å². The summed E-state index contributed by atoms with van der Waals surface area (Å²) in [5.74, 6) is 0.866. The quantitative estimate of drug-likeness (QED) is 0.850. The molecule has 0 saturated carbocycles. The highest BCUT2D eigenvalue weighted by Crippen LogP contribution is 2.26. The maximum absolute atomic E-state index is 5.35. The highest BCUT2D eigenvalue weighted by atomic mass is 32.1. The van der Waals surface area contributed by atoms with Gasteiger partial charge < -0.3 is 9.47 Å². The Morgan fingerprint density at radius 1 is 1.39 bits per heavy atom. The topological polar surface area (TPSA) is 34.6 Å². The van der Waals surface area contributed by atoms with Crippen LogP contribution < -0.4 is 4.74 Å². The zero-order chi connectivity index (χ0) is 12.4. The molecule has 18 heavy (non-hydrogen) atoms. The van der Waals surface area contributed by atoms with Crippen molar-refractivity contribution in [3.63, 3.8) is 0 Å². The molecule has 0 atom stereocenters. The van der Waals surface area contributed by atoms with Crippen molar-refractivity contribution in [1.29, 1.82) is 0 Å². The molecule has 1 aromatic carbocycles. The van der Waals surface area contributed by atoms with Gasteiger partial charge in [-0.15, -0.1) is 11.3 Å². The van der Waals surface area contributed by atoms with Gasteiger partial charge >= 0.3 is 0 Å². The molecule has 2 aromatic rings. The number of benzene rings is 1. The lowest BCUT2D eigenvalue weighted by molar-refractivity contribution is 0.0342. The molecule has 0 N–H and O–H groups in total. The number of fused-ring (bicyclic) bond motifs is 1. The first-order valence-electron chi connectivity index (χ1n) is 6.09. The number of nitrogens with zero attached hydrogens (tertiary/aromatic N) is 2. The van der Waals surface area contributed by atoms with Crippen LogP contribution in [0, 0.1) is 0 Å². The second kappa shape index (κ2) is 5.22. The summed E-state index contributed by atoms with van der Waals surface area (Å²) in [4.78, 5) is 7.06. The summed E-state index contributed by atoms with van der Waals surface area (Å²) in [6.45, 7) is 4.58. The third kappa shape index (κ3) is 2.48. The summed E-state index contributed by atoms with van der Waals surface area (Å²) in [6, 6.07) is 6.06. The molecule has 0 aliphatic carbocycles. The van der Waals surface area contributed by atoms with Gasteiger partial charge in [-0.1, -0.05) is 0 Å². The van der Waals surface area contributed by atoms with E-state index >= 15 is 0 Å². The summed E-state index contributed by atoms with van der Waals surface area (Å²) in [5, 5.41) is 1.17. The number of rotatable bonds is 3. The van der Waals surface area contributed by atoms with E-state index in [0.29, 0.717) is 0 Å². The Labute approximate surface area is 110 Å². The van der Waals surface area contributed by atoms with Gasteiger partial charge in [0.15, 0.2) is 0 Å². The van der Waals surface area contributed by atoms with Crippen LogP contribution >= 0.6 is 11.3 Å². The molecule has 96 valence electrons. The van der Waals surface area contributed by atoms with Gasteiger partial charge in [-0.2, -0.15) is 0 Å². The summed E-state index contributed by atoms with van der Waals surface area (Å²) < 4.78 is 11.8. The number of methoxy groups -OCH3 is 1. The Bertz CT molecular complexity index is 535. The normalized spacial score (nSPS) is 17.2. The number of ether oxygens (including phenoxy) is 2. The third-order valence-electron chi connectivity index (χ3n) is 3.10. The van der Waals surface area contributed by atoms with E-state index in [1.54, 1.807) is 18.4 Å². The van der Waals surface area contributed by atoms with Crippen molar-refractivity contribution in [3.05, 3.63) is 23.2 Å². The molecule has 1 saturated heterocycles. The van der Waals surface area contributed by atoms with Crippen LogP contribution in [0.25, 0.3) is 10.2 Å². The summed E-state index contributed by atoms with van der Waals surface area (Å²) in [6.07, 6.45) is 0. The maximum Gasteiger partial charge on any atom is 0.121 e. The maximum atomic E-state index is 5.35. The number of aromatic nitrogens is 1. The van der Waals surface area contributed by atoms with Crippen LogP contribution in [0.1, 0.15) is 5.01 Å². The average molecular weight is 264 g/mol. The van der Waals surface area contributed by atoms with E-state index in [1.807, 2.05) is 12.1 Å². The van der Waals surface area contributed by atoms with Crippen molar-refractivity contribution < 1.29 is 9.47 Å². The second-order valence-electron chi connectivity index (χ2n) is 4.33. The molecule has 0 amide bonds. The molecule has 0 spiro atoms. The molecular weight excluding hydrogens is 248 g/mol. The minimum atomic E-state index is 0.832. The van der Waals surface area contributed by atoms with Gasteiger partial charge in [0, 0.05) is 19.2 Å². The first-order valence-corrected chi connectivity index (χ1v) is 6.90. The van der Waals surface area contributed by atoms with Gasteiger partial charge in [-0.25, -0.2) is 4.98 Å². The lowest BCUT2D eigenvalue weighted by atomic mass is 10.3. The van der Waals surface area contributed by atoms with Gasteiger partial charge in [0.25, 0.3) is 0 Å². The number of thiazole rings is 1. The van der Waals surface area contributed by atoms with Crippen LogP contribution in [-0.2, 0) is 11.3 Å². The summed E-state index contributed by atoms with van der Waals surface area (Å²) >= 11 is 1.76. The SMILES string of the molecule is COc1ccc2sc(CN3CCOCC3)nc2c1. The Kier molecular flexibility index (Phi) is 3.45. The predicted molar refractivity (Wildman–Crippen MR) is 72.3 cm³/mol. The summed E-state index contributed by atoms with van der Waals surface area (Å²) in [7, 11) is 1.68. The molecule has 2 heterocycles. The average Bonchev–Trinajstić information content (AvgIpc) is 2.80. The minimum Gasteiger partial charge on any atom is -0.497 e. The second-order valence-corrected chi connectivity index (χ2v) is 5.44.